The molecule has 0 radical (unpaired) electrons. The molecule has 3 nitrogen and oxygen atoms in total. The number of nitrogens with one attached hydrogen (secondary N) is 1. The topological polar surface area (TPSA) is 42.2 Å². The molecule has 0 saturated carbocycles. The zero-order valence-corrected chi connectivity index (χ0v) is 10.1. The summed E-state index contributed by atoms with van der Waals surface area (Å²) in [6.45, 7) is 0.989. The Labute approximate surface area is 106 Å². The molecule has 3 rings (SSSR count). The Morgan fingerprint density at radius 3 is 3.06 bits per heavy atom. The van der Waals surface area contributed by atoms with E-state index in [0.29, 0.717) is 6.42 Å². The lowest BCUT2D eigenvalue weighted by atomic mass is 9.94. The maximum absolute atomic E-state index is 12.3. The van der Waals surface area contributed by atoms with E-state index in [-0.39, 0.29) is 5.78 Å². The predicted octanol–water partition coefficient (Wildman–Crippen LogP) is 3.06. The third-order valence-electron chi connectivity index (χ3n) is 3.31. The lowest BCUT2D eigenvalue weighted by Crippen LogP contribution is -2.16. The third-order valence-corrected chi connectivity index (χ3v) is 3.31. The first kappa shape index (κ1) is 11.1. The van der Waals surface area contributed by atoms with Crippen LogP contribution in [-0.2, 0) is 12.8 Å². The van der Waals surface area contributed by atoms with Crippen LogP contribution in [0.15, 0.2) is 41.0 Å². The summed E-state index contributed by atoms with van der Waals surface area (Å²) >= 11 is 0. The van der Waals surface area contributed by atoms with Crippen molar-refractivity contribution in [3.63, 3.8) is 0 Å². The second-order valence-electron chi connectivity index (χ2n) is 4.54. The Hall–Kier alpha value is -2.03. The molecule has 1 N–H and O–H groups in total. The monoisotopic (exact) mass is 241 g/mol. The molecule has 2 heterocycles. The Morgan fingerprint density at radius 2 is 2.22 bits per heavy atom. The first-order chi connectivity index (χ1) is 8.84. The van der Waals surface area contributed by atoms with Gasteiger partial charge in [-0.25, -0.2) is 0 Å². The molecule has 0 atom stereocenters. The van der Waals surface area contributed by atoms with Gasteiger partial charge in [-0.2, -0.15) is 0 Å². The summed E-state index contributed by atoms with van der Waals surface area (Å²) in [5.74, 6) is 0.854. The Kier molecular flexibility index (Phi) is 2.89. The van der Waals surface area contributed by atoms with Gasteiger partial charge in [-0.15, -0.1) is 0 Å². The molecule has 1 aliphatic rings. The summed E-state index contributed by atoms with van der Waals surface area (Å²) in [4.78, 5) is 12.3. The largest absolute Gasteiger partial charge is 0.469 e. The number of furan rings is 1. The van der Waals surface area contributed by atoms with Gasteiger partial charge in [0.15, 0.2) is 5.78 Å². The van der Waals surface area contributed by atoms with E-state index in [0.717, 1.165) is 42.0 Å². The van der Waals surface area contributed by atoms with Crippen molar-refractivity contribution in [1.29, 1.82) is 0 Å². The van der Waals surface area contributed by atoms with Gasteiger partial charge >= 0.3 is 0 Å². The molecule has 0 saturated heterocycles. The van der Waals surface area contributed by atoms with E-state index in [1.807, 2.05) is 30.3 Å². The summed E-state index contributed by atoms with van der Waals surface area (Å²) < 4.78 is 5.23. The normalized spacial score (nSPS) is 13.8. The predicted molar refractivity (Wildman–Crippen MR) is 70.0 cm³/mol. The highest BCUT2D eigenvalue weighted by Gasteiger charge is 2.18. The molecule has 0 aliphatic carbocycles. The van der Waals surface area contributed by atoms with E-state index in [9.17, 15) is 4.79 Å². The van der Waals surface area contributed by atoms with E-state index in [1.165, 1.54) is 0 Å². The minimum absolute atomic E-state index is 0.130. The zero-order valence-electron chi connectivity index (χ0n) is 10.1. The van der Waals surface area contributed by atoms with Crippen molar-refractivity contribution in [2.75, 3.05) is 11.9 Å². The van der Waals surface area contributed by atoms with Crippen LogP contribution in [0.5, 0.6) is 0 Å². The van der Waals surface area contributed by atoms with Gasteiger partial charge in [0.2, 0.25) is 0 Å². The highest BCUT2D eigenvalue weighted by molar-refractivity contribution is 6.00. The van der Waals surface area contributed by atoms with Crippen molar-refractivity contribution >= 4 is 11.5 Å². The van der Waals surface area contributed by atoms with Crippen LogP contribution in [0.1, 0.15) is 28.1 Å². The van der Waals surface area contributed by atoms with Gasteiger partial charge in [-0.3, -0.25) is 4.79 Å². The average Bonchev–Trinajstić information content (AvgIpc) is 2.91. The third kappa shape index (κ3) is 2.04. The maximum atomic E-state index is 12.3. The molecule has 1 aliphatic heterocycles. The number of anilines is 1. The Morgan fingerprint density at radius 1 is 1.28 bits per heavy atom. The van der Waals surface area contributed by atoms with E-state index < -0.39 is 0 Å². The summed E-state index contributed by atoms with van der Waals surface area (Å²) in [5, 5.41) is 3.34. The lowest BCUT2D eigenvalue weighted by Gasteiger charge is -2.20. The Bertz CT molecular complexity index is 558. The number of carbonyl (C=O) groups is 1. The van der Waals surface area contributed by atoms with Crippen molar-refractivity contribution in [2.45, 2.75) is 19.3 Å². The summed E-state index contributed by atoms with van der Waals surface area (Å²) in [6, 6.07) is 9.54. The fourth-order valence-corrected chi connectivity index (χ4v) is 2.44. The highest BCUT2D eigenvalue weighted by atomic mass is 16.3. The standard InChI is InChI=1S/C15H15NO2/c17-15(10-11-4-3-9-18-11)13-5-1-7-14-12(13)6-2-8-16-14/h1,3-5,7,9,16H,2,6,8,10H2. The molecular formula is C15H15NO2. The highest BCUT2D eigenvalue weighted by Crippen LogP contribution is 2.26. The average molecular weight is 241 g/mol. The fourth-order valence-electron chi connectivity index (χ4n) is 2.44. The second kappa shape index (κ2) is 4.69. The van der Waals surface area contributed by atoms with Crippen LogP contribution in [0.3, 0.4) is 0 Å². The van der Waals surface area contributed by atoms with Crippen LogP contribution in [-0.4, -0.2) is 12.3 Å². The molecule has 0 spiro atoms. The van der Waals surface area contributed by atoms with Gasteiger partial charge in [0.25, 0.3) is 0 Å². The number of carbonyl (C=O) groups excluding carboxylic acids is 1. The molecule has 0 bridgehead atoms. The Balaban J connectivity index is 1.89. The molecule has 18 heavy (non-hydrogen) atoms. The van der Waals surface area contributed by atoms with Crippen LogP contribution < -0.4 is 5.32 Å². The number of ketones is 1. The number of rotatable bonds is 3. The first-order valence-electron chi connectivity index (χ1n) is 6.26. The van der Waals surface area contributed by atoms with E-state index in [2.05, 4.69) is 5.32 Å². The maximum Gasteiger partial charge on any atom is 0.170 e. The molecule has 3 heteroatoms. The van der Waals surface area contributed by atoms with Gasteiger partial charge < -0.3 is 9.73 Å². The summed E-state index contributed by atoms with van der Waals surface area (Å²) in [7, 11) is 0. The number of fused-ring (bicyclic) bond motifs is 1. The van der Waals surface area contributed by atoms with Crippen molar-refractivity contribution in [3.05, 3.63) is 53.5 Å². The van der Waals surface area contributed by atoms with Crippen molar-refractivity contribution in [2.24, 2.45) is 0 Å². The lowest BCUT2D eigenvalue weighted by molar-refractivity contribution is 0.0986. The van der Waals surface area contributed by atoms with Crippen LogP contribution in [0, 0.1) is 0 Å². The zero-order chi connectivity index (χ0) is 12.4. The van der Waals surface area contributed by atoms with Gasteiger partial charge in [0.1, 0.15) is 5.76 Å². The van der Waals surface area contributed by atoms with E-state index >= 15 is 0 Å². The van der Waals surface area contributed by atoms with Gasteiger partial charge in [0.05, 0.1) is 12.7 Å². The number of benzene rings is 1. The van der Waals surface area contributed by atoms with Crippen molar-refractivity contribution in [1.82, 2.24) is 0 Å². The van der Waals surface area contributed by atoms with Crippen LogP contribution in [0.2, 0.25) is 0 Å². The molecule has 0 unspecified atom stereocenters. The van der Waals surface area contributed by atoms with Gasteiger partial charge in [0, 0.05) is 17.8 Å². The SMILES string of the molecule is O=C(Cc1ccco1)c1cccc2c1CCCN2. The molecular weight excluding hydrogens is 226 g/mol. The van der Waals surface area contributed by atoms with Crippen molar-refractivity contribution in [3.8, 4) is 0 Å². The van der Waals surface area contributed by atoms with Crippen LogP contribution in [0.25, 0.3) is 0 Å². The molecule has 0 amide bonds. The molecule has 1 aromatic heterocycles. The van der Waals surface area contributed by atoms with Crippen LogP contribution >= 0.6 is 0 Å². The quantitative estimate of drug-likeness (QED) is 0.840. The summed E-state index contributed by atoms with van der Waals surface area (Å²) in [5.41, 5.74) is 3.09. The molecule has 92 valence electrons. The number of Topliss-reactive ketones (excluding diaryl/α,β-unsaturated/α-hetero) is 1. The first-order valence-corrected chi connectivity index (χ1v) is 6.26. The number of hydrogen-bond acceptors (Lipinski definition) is 3. The van der Waals surface area contributed by atoms with E-state index in [4.69, 9.17) is 4.42 Å². The fraction of sp³-hybridized carbons (Fsp3) is 0.267. The molecule has 0 fully saturated rings. The minimum atomic E-state index is 0.130. The smallest absolute Gasteiger partial charge is 0.170 e. The second-order valence-corrected chi connectivity index (χ2v) is 4.54. The minimum Gasteiger partial charge on any atom is -0.469 e. The van der Waals surface area contributed by atoms with Gasteiger partial charge in [-0.1, -0.05) is 12.1 Å². The van der Waals surface area contributed by atoms with Crippen molar-refractivity contribution < 1.29 is 9.21 Å². The molecule has 2 aromatic rings. The molecule has 1 aromatic carbocycles. The van der Waals surface area contributed by atoms with Crippen LogP contribution in [0.4, 0.5) is 5.69 Å². The van der Waals surface area contributed by atoms with E-state index in [1.54, 1.807) is 6.26 Å². The van der Waals surface area contributed by atoms with Gasteiger partial charge in [-0.05, 0) is 36.6 Å². The summed E-state index contributed by atoms with van der Waals surface area (Å²) in [6.07, 6.45) is 3.99. The number of hydrogen-bond donors (Lipinski definition) is 1.